The topological polar surface area (TPSA) is 69.0 Å². The van der Waals surface area contributed by atoms with Crippen LogP contribution in [-0.4, -0.2) is 33.2 Å². The zero-order chi connectivity index (χ0) is 17.2. The zero-order valence-corrected chi connectivity index (χ0v) is 14.0. The van der Waals surface area contributed by atoms with Crippen LogP contribution in [0.4, 0.5) is 0 Å². The van der Waals surface area contributed by atoms with Gasteiger partial charge in [0.25, 0.3) is 5.91 Å². The van der Waals surface area contributed by atoms with Crippen molar-refractivity contribution < 1.29 is 9.53 Å². The SMILES string of the molecule is COC(C)(C)C(=O)NCc1cccnc1-n1cnc2ccccc21. The van der Waals surface area contributed by atoms with Gasteiger partial charge in [0.2, 0.25) is 0 Å². The van der Waals surface area contributed by atoms with Crippen LogP contribution in [-0.2, 0) is 16.1 Å². The molecule has 24 heavy (non-hydrogen) atoms. The number of imidazole rings is 1. The molecule has 2 heterocycles. The summed E-state index contributed by atoms with van der Waals surface area (Å²) in [4.78, 5) is 21.1. The molecule has 0 aliphatic carbocycles. The Morgan fingerprint density at radius 3 is 2.79 bits per heavy atom. The number of pyridine rings is 1. The van der Waals surface area contributed by atoms with Gasteiger partial charge in [-0.2, -0.15) is 0 Å². The third-order valence-electron chi connectivity index (χ3n) is 4.05. The van der Waals surface area contributed by atoms with Gasteiger partial charge in [-0.25, -0.2) is 9.97 Å². The Morgan fingerprint density at radius 1 is 1.21 bits per heavy atom. The summed E-state index contributed by atoms with van der Waals surface area (Å²) in [5, 5.41) is 2.90. The minimum Gasteiger partial charge on any atom is -0.369 e. The predicted molar refractivity (Wildman–Crippen MR) is 91.8 cm³/mol. The summed E-state index contributed by atoms with van der Waals surface area (Å²) >= 11 is 0. The highest BCUT2D eigenvalue weighted by molar-refractivity contribution is 5.84. The molecule has 6 heteroatoms. The predicted octanol–water partition coefficient (Wildman–Crippen LogP) is 2.46. The molecule has 0 atom stereocenters. The number of para-hydroxylation sites is 2. The van der Waals surface area contributed by atoms with Gasteiger partial charge in [0.05, 0.1) is 11.0 Å². The van der Waals surface area contributed by atoms with Crippen molar-refractivity contribution in [3.63, 3.8) is 0 Å². The van der Waals surface area contributed by atoms with Crippen LogP contribution in [0.3, 0.4) is 0 Å². The molecule has 0 saturated heterocycles. The van der Waals surface area contributed by atoms with Crippen molar-refractivity contribution in [1.82, 2.24) is 19.9 Å². The first-order valence-corrected chi connectivity index (χ1v) is 7.73. The molecule has 0 aliphatic heterocycles. The summed E-state index contributed by atoms with van der Waals surface area (Å²) in [6.07, 6.45) is 3.48. The zero-order valence-electron chi connectivity index (χ0n) is 14.0. The smallest absolute Gasteiger partial charge is 0.251 e. The molecule has 1 N–H and O–H groups in total. The number of nitrogens with one attached hydrogen (secondary N) is 1. The van der Waals surface area contributed by atoms with Crippen LogP contribution in [0.1, 0.15) is 19.4 Å². The highest BCUT2D eigenvalue weighted by Gasteiger charge is 2.26. The molecule has 1 amide bonds. The third-order valence-corrected chi connectivity index (χ3v) is 4.05. The van der Waals surface area contributed by atoms with Gasteiger partial charge in [-0.1, -0.05) is 18.2 Å². The molecule has 124 valence electrons. The molecule has 0 unspecified atom stereocenters. The number of carbonyl (C=O) groups excluding carboxylic acids is 1. The summed E-state index contributed by atoms with van der Waals surface area (Å²) < 4.78 is 7.13. The molecule has 0 bridgehead atoms. The fraction of sp³-hybridized carbons (Fsp3) is 0.278. The summed E-state index contributed by atoms with van der Waals surface area (Å²) in [5.41, 5.74) is 1.91. The van der Waals surface area contributed by atoms with E-state index in [0.29, 0.717) is 6.54 Å². The number of benzene rings is 1. The number of hydrogen-bond donors (Lipinski definition) is 1. The molecule has 0 radical (unpaired) electrons. The summed E-state index contributed by atoms with van der Waals surface area (Å²) in [6.45, 7) is 3.83. The Balaban J connectivity index is 1.90. The van der Waals surface area contributed by atoms with Gasteiger partial charge < -0.3 is 10.1 Å². The molecule has 1 aromatic carbocycles. The molecule has 0 aliphatic rings. The van der Waals surface area contributed by atoms with Gasteiger partial charge in [-0.15, -0.1) is 0 Å². The molecule has 2 aromatic heterocycles. The van der Waals surface area contributed by atoms with E-state index < -0.39 is 5.60 Å². The largest absolute Gasteiger partial charge is 0.369 e. The maximum absolute atomic E-state index is 12.2. The molecule has 6 nitrogen and oxygen atoms in total. The maximum atomic E-state index is 12.2. The summed E-state index contributed by atoms with van der Waals surface area (Å²) in [5.74, 6) is 0.581. The number of ether oxygens (including phenoxy) is 1. The van der Waals surface area contributed by atoms with Crippen molar-refractivity contribution in [3.05, 3.63) is 54.5 Å². The van der Waals surface area contributed by atoms with Gasteiger partial charge in [0, 0.05) is 25.4 Å². The van der Waals surface area contributed by atoms with Gasteiger partial charge in [-0.05, 0) is 32.0 Å². The van der Waals surface area contributed by atoms with Crippen molar-refractivity contribution in [2.75, 3.05) is 7.11 Å². The van der Waals surface area contributed by atoms with Crippen LogP contribution in [0.5, 0.6) is 0 Å². The Labute approximate surface area is 140 Å². The fourth-order valence-electron chi connectivity index (χ4n) is 2.39. The van der Waals surface area contributed by atoms with Crippen molar-refractivity contribution in [2.24, 2.45) is 0 Å². The number of rotatable bonds is 5. The molecule has 0 spiro atoms. The van der Waals surface area contributed by atoms with Gasteiger partial charge in [-0.3, -0.25) is 9.36 Å². The van der Waals surface area contributed by atoms with E-state index in [1.54, 1.807) is 26.4 Å². The highest BCUT2D eigenvalue weighted by atomic mass is 16.5. The van der Waals surface area contributed by atoms with E-state index in [-0.39, 0.29) is 5.91 Å². The van der Waals surface area contributed by atoms with Crippen LogP contribution >= 0.6 is 0 Å². The third kappa shape index (κ3) is 3.00. The average Bonchev–Trinajstić information content (AvgIpc) is 3.03. The monoisotopic (exact) mass is 324 g/mol. The van der Waals surface area contributed by atoms with Crippen LogP contribution in [0.2, 0.25) is 0 Å². The number of methoxy groups -OCH3 is 1. The van der Waals surface area contributed by atoms with Crippen molar-refractivity contribution in [1.29, 1.82) is 0 Å². The van der Waals surface area contributed by atoms with E-state index in [1.165, 1.54) is 7.11 Å². The first kappa shape index (κ1) is 16.1. The number of hydrogen-bond acceptors (Lipinski definition) is 4. The van der Waals surface area contributed by atoms with E-state index in [1.807, 2.05) is 41.0 Å². The second kappa shape index (κ2) is 6.41. The second-order valence-electron chi connectivity index (χ2n) is 5.99. The standard InChI is InChI=1S/C18H20N4O2/c1-18(2,24-3)17(23)20-11-13-7-6-10-19-16(13)22-12-21-14-8-4-5-9-15(14)22/h4-10,12H,11H2,1-3H3,(H,20,23). The highest BCUT2D eigenvalue weighted by Crippen LogP contribution is 2.19. The molecule has 0 fully saturated rings. The maximum Gasteiger partial charge on any atom is 0.251 e. The Morgan fingerprint density at radius 2 is 2.00 bits per heavy atom. The second-order valence-corrected chi connectivity index (χ2v) is 5.99. The lowest BCUT2D eigenvalue weighted by Crippen LogP contribution is -2.43. The molecular formula is C18H20N4O2. The van der Waals surface area contributed by atoms with Crippen molar-refractivity contribution >= 4 is 16.9 Å². The minimum absolute atomic E-state index is 0.171. The van der Waals surface area contributed by atoms with E-state index in [4.69, 9.17) is 4.74 Å². The fourth-order valence-corrected chi connectivity index (χ4v) is 2.39. The first-order valence-electron chi connectivity index (χ1n) is 7.73. The quantitative estimate of drug-likeness (QED) is 0.783. The Hall–Kier alpha value is -2.73. The normalized spacial score (nSPS) is 11.6. The lowest BCUT2D eigenvalue weighted by atomic mass is 10.1. The number of aromatic nitrogens is 3. The van der Waals surface area contributed by atoms with Gasteiger partial charge >= 0.3 is 0 Å². The van der Waals surface area contributed by atoms with Crippen LogP contribution in [0.25, 0.3) is 16.9 Å². The van der Waals surface area contributed by atoms with E-state index in [9.17, 15) is 4.79 Å². The number of amides is 1. The van der Waals surface area contributed by atoms with Crippen molar-refractivity contribution in [3.8, 4) is 5.82 Å². The Bertz CT molecular complexity index is 870. The minimum atomic E-state index is -0.871. The molecular weight excluding hydrogens is 304 g/mol. The lowest BCUT2D eigenvalue weighted by Gasteiger charge is -2.22. The van der Waals surface area contributed by atoms with Gasteiger partial charge in [0.1, 0.15) is 17.7 Å². The van der Waals surface area contributed by atoms with E-state index in [0.717, 1.165) is 22.4 Å². The number of fused-ring (bicyclic) bond motifs is 1. The van der Waals surface area contributed by atoms with Crippen LogP contribution in [0, 0.1) is 0 Å². The van der Waals surface area contributed by atoms with Gasteiger partial charge in [0.15, 0.2) is 0 Å². The lowest BCUT2D eigenvalue weighted by molar-refractivity contribution is -0.139. The van der Waals surface area contributed by atoms with Crippen LogP contribution < -0.4 is 5.32 Å². The molecule has 0 saturated carbocycles. The first-order chi connectivity index (χ1) is 11.5. The van der Waals surface area contributed by atoms with Crippen molar-refractivity contribution in [2.45, 2.75) is 26.0 Å². The van der Waals surface area contributed by atoms with Crippen LogP contribution in [0.15, 0.2) is 48.9 Å². The van der Waals surface area contributed by atoms with E-state index in [2.05, 4.69) is 15.3 Å². The van der Waals surface area contributed by atoms with E-state index >= 15 is 0 Å². The summed E-state index contributed by atoms with van der Waals surface area (Å²) in [6, 6.07) is 11.7. The Kier molecular flexibility index (Phi) is 4.31. The number of nitrogens with zero attached hydrogens (tertiary/aromatic N) is 3. The summed E-state index contributed by atoms with van der Waals surface area (Å²) in [7, 11) is 1.52. The molecule has 3 rings (SSSR count). The number of carbonyl (C=O) groups is 1. The average molecular weight is 324 g/mol. The molecule has 3 aromatic rings.